The maximum atomic E-state index is 12.0. The summed E-state index contributed by atoms with van der Waals surface area (Å²) in [6.45, 7) is 0.0654. The minimum Gasteiger partial charge on any atom is -0.497 e. The number of halogens is 3. The molecule has 0 heterocycles. The van der Waals surface area contributed by atoms with E-state index in [2.05, 4.69) is 63.6 Å². The van der Waals surface area contributed by atoms with E-state index >= 15 is 0 Å². The molecule has 2 N–H and O–H groups in total. The predicted octanol–water partition coefficient (Wildman–Crippen LogP) is 4.55. The van der Waals surface area contributed by atoms with Crippen molar-refractivity contribution in [3.63, 3.8) is 0 Å². The molecule has 6 nitrogen and oxygen atoms in total. The molecule has 26 heavy (non-hydrogen) atoms. The Morgan fingerprint density at radius 2 is 1.81 bits per heavy atom. The highest BCUT2D eigenvalue weighted by Gasteiger charge is 2.08. The lowest BCUT2D eigenvalue weighted by Gasteiger charge is -2.10. The zero-order valence-corrected chi connectivity index (χ0v) is 18.7. The molecule has 0 unspecified atom stereocenters. The Balaban J connectivity index is 1.94. The molecule has 2 aromatic rings. The van der Waals surface area contributed by atoms with E-state index in [9.17, 15) is 4.79 Å². The molecule has 0 bridgehead atoms. The van der Waals surface area contributed by atoms with Crippen LogP contribution in [-0.4, -0.2) is 32.9 Å². The first-order chi connectivity index (χ1) is 12.4. The van der Waals surface area contributed by atoms with Crippen LogP contribution in [0.25, 0.3) is 0 Å². The van der Waals surface area contributed by atoms with Crippen LogP contribution in [0.15, 0.2) is 48.9 Å². The van der Waals surface area contributed by atoms with Crippen molar-refractivity contribution < 1.29 is 14.3 Å². The number of anilines is 1. The smallest absolute Gasteiger partial charge is 0.259 e. The third-order valence-electron chi connectivity index (χ3n) is 3.27. The highest BCUT2D eigenvalue weighted by molar-refractivity contribution is 9.11. The van der Waals surface area contributed by atoms with Gasteiger partial charge in [0, 0.05) is 25.0 Å². The fraction of sp³-hybridized carbons (Fsp3) is 0.176. The predicted molar refractivity (Wildman–Crippen MR) is 113 cm³/mol. The van der Waals surface area contributed by atoms with Gasteiger partial charge in [-0.05, 0) is 56.1 Å². The molecule has 1 amide bonds. The summed E-state index contributed by atoms with van der Waals surface area (Å²) < 4.78 is 13.0. The lowest BCUT2D eigenvalue weighted by molar-refractivity contribution is -0.119. The number of carbonyl (C=O) groups is 1. The highest BCUT2D eigenvalue weighted by atomic mass is 79.9. The van der Waals surface area contributed by atoms with Crippen molar-refractivity contribution in [2.24, 2.45) is 5.10 Å². The van der Waals surface area contributed by atoms with Crippen molar-refractivity contribution in [1.82, 2.24) is 5.43 Å². The van der Waals surface area contributed by atoms with Crippen LogP contribution >= 0.6 is 47.8 Å². The van der Waals surface area contributed by atoms with Crippen LogP contribution in [0.3, 0.4) is 0 Å². The molecule has 0 saturated carbocycles. The van der Waals surface area contributed by atoms with Crippen LogP contribution in [-0.2, 0) is 4.79 Å². The fourth-order valence-corrected chi connectivity index (χ4v) is 4.56. The average molecular weight is 550 g/mol. The number of hydrogen-bond donors (Lipinski definition) is 2. The van der Waals surface area contributed by atoms with E-state index in [1.807, 2.05) is 12.1 Å². The summed E-state index contributed by atoms with van der Waals surface area (Å²) in [6.07, 6.45) is 1.52. The Morgan fingerprint density at radius 3 is 2.42 bits per heavy atom. The number of carbonyl (C=O) groups excluding carboxylic acids is 1. The first kappa shape index (κ1) is 20.7. The van der Waals surface area contributed by atoms with E-state index in [0.29, 0.717) is 11.5 Å². The molecule has 0 aliphatic heterocycles. The van der Waals surface area contributed by atoms with Gasteiger partial charge in [-0.1, -0.05) is 15.9 Å². The van der Waals surface area contributed by atoms with Crippen molar-refractivity contribution in [2.75, 3.05) is 26.1 Å². The molecule has 2 rings (SSSR count). The van der Waals surface area contributed by atoms with E-state index in [1.165, 1.54) is 6.21 Å². The monoisotopic (exact) mass is 547 g/mol. The second-order valence-electron chi connectivity index (χ2n) is 5.00. The number of rotatable bonds is 7. The van der Waals surface area contributed by atoms with E-state index in [-0.39, 0.29) is 12.5 Å². The summed E-state index contributed by atoms with van der Waals surface area (Å²) >= 11 is 10.3. The number of ether oxygens (including phenoxy) is 2. The first-order valence-electron chi connectivity index (χ1n) is 7.37. The van der Waals surface area contributed by atoms with Gasteiger partial charge in [-0.25, -0.2) is 5.43 Å². The Labute approximate surface area is 176 Å². The third-order valence-corrected chi connectivity index (χ3v) is 4.97. The van der Waals surface area contributed by atoms with E-state index in [4.69, 9.17) is 9.47 Å². The van der Waals surface area contributed by atoms with Crippen LogP contribution in [0, 0.1) is 0 Å². The van der Waals surface area contributed by atoms with Crippen molar-refractivity contribution in [2.45, 2.75) is 0 Å². The minimum atomic E-state index is -0.282. The molecule has 0 saturated heterocycles. The largest absolute Gasteiger partial charge is 0.497 e. The Kier molecular flexibility index (Phi) is 7.92. The van der Waals surface area contributed by atoms with E-state index < -0.39 is 0 Å². The van der Waals surface area contributed by atoms with Crippen LogP contribution in [0.2, 0.25) is 0 Å². The van der Waals surface area contributed by atoms with Gasteiger partial charge in [-0.3, -0.25) is 4.79 Å². The van der Waals surface area contributed by atoms with Gasteiger partial charge >= 0.3 is 0 Å². The number of nitrogens with one attached hydrogen (secondary N) is 2. The lowest BCUT2D eigenvalue weighted by atomic mass is 10.2. The number of benzene rings is 2. The summed E-state index contributed by atoms with van der Waals surface area (Å²) in [7, 11) is 3.14. The fourth-order valence-electron chi connectivity index (χ4n) is 2.02. The first-order valence-corrected chi connectivity index (χ1v) is 9.75. The van der Waals surface area contributed by atoms with Crippen LogP contribution in [0.4, 0.5) is 5.69 Å². The Morgan fingerprint density at radius 1 is 1.12 bits per heavy atom. The average Bonchev–Trinajstić information content (AvgIpc) is 2.61. The number of hydrogen-bond acceptors (Lipinski definition) is 5. The number of nitrogens with zero attached hydrogens (tertiary/aromatic N) is 1. The van der Waals surface area contributed by atoms with Gasteiger partial charge in [-0.2, -0.15) is 5.10 Å². The maximum absolute atomic E-state index is 12.0. The van der Waals surface area contributed by atoms with Crippen molar-refractivity contribution >= 4 is 65.6 Å². The second kappa shape index (κ2) is 9.94. The van der Waals surface area contributed by atoms with Gasteiger partial charge in [0.15, 0.2) is 0 Å². The van der Waals surface area contributed by atoms with Crippen molar-refractivity contribution in [3.8, 4) is 11.5 Å². The molecular formula is C17H16Br3N3O3. The van der Waals surface area contributed by atoms with Gasteiger partial charge in [0.05, 0.1) is 32.7 Å². The molecule has 0 atom stereocenters. The second-order valence-corrected chi connectivity index (χ2v) is 7.62. The summed E-state index contributed by atoms with van der Waals surface area (Å²) in [5.74, 6) is 0.997. The van der Waals surface area contributed by atoms with Gasteiger partial charge in [-0.15, -0.1) is 0 Å². The van der Waals surface area contributed by atoms with Crippen molar-refractivity contribution in [3.05, 3.63) is 49.3 Å². The molecule has 138 valence electrons. The molecule has 0 spiro atoms. The van der Waals surface area contributed by atoms with Crippen LogP contribution < -0.4 is 20.2 Å². The molecule has 0 aliphatic rings. The zero-order chi connectivity index (χ0) is 19.1. The molecule has 2 aromatic carbocycles. The number of hydrazone groups is 1. The van der Waals surface area contributed by atoms with Gasteiger partial charge in [0.2, 0.25) is 0 Å². The standard InChI is InChI=1S/C17H16Br3N3O3/c1-25-12-4-3-10(15(7-12)26-2)8-22-23-16(24)9-21-17-13(19)5-11(18)6-14(17)20/h3-8,21H,9H2,1-2H3,(H,23,24). The van der Waals surface area contributed by atoms with Crippen molar-refractivity contribution in [1.29, 1.82) is 0 Å². The quantitative estimate of drug-likeness (QED) is 0.392. The third kappa shape index (κ3) is 5.72. The van der Waals surface area contributed by atoms with Gasteiger partial charge < -0.3 is 14.8 Å². The number of methoxy groups -OCH3 is 2. The van der Waals surface area contributed by atoms with E-state index in [1.54, 1.807) is 32.4 Å². The van der Waals surface area contributed by atoms with Gasteiger partial charge in [0.25, 0.3) is 5.91 Å². The number of amides is 1. The molecule has 9 heteroatoms. The topological polar surface area (TPSA) is 72.0 Å². The van der Waals surface area contributed by atoms with Gasteiger partial charge in [0.1, 0.15) is 11.5 Å². The molecule has 0 aromatic heterocycles. The zero-order valence-electron chi connectivity index (χ0n) is 14.0. The van der Waals surface area contributed by atoms with Crippen LogP contribution in [0.1, 0.15) is 5.56 Å². The highest BCUT2D eigenvalue weighted by Crippen LogP contribution is 2.34. The van der Waals surface area contributed by atoms with E-state index in [0.717, 1.165) is 24.7 Å². The Hall–Kier alpha value is -1.58. The summed E-state index contributed by atoms with van der Waals surface area (Å²) in [5, 5.41) is 7.01. The van der Waals surface area contributed by atoms with Crippen LogP contribution in [0.5, 0.6) is 11.5 Å². The minimum absolute atomic E-state index is 0.0654. The molecule has 0 radical (unpaired) electrons. The lowest BCUT2D eigenvalue weighted by Crippen LogP contribution is -2.26. The summed E-state index contributed by atoms with van der Waals surface area (Å²) in [4.78, 5) is 12.0. The summed E-state index contributed by atoms with van der Waals surface area (Å²) in [5.41, 5.74) is 3.98. The maximum Gasteiger partial charge on any atom is 0.259 e. The SMILES string of the molecule is COc1ccc(C=NNC(=O)CNc2c(Br)cc(Br)cc2Br)c(OC)c1. The normalized spacial score (nSPS) is 10.7. The molecule has 0 fully saturated rings. The molecular weight excluding hydrogens is 534 g/mol. The summed E-state index contributed by atoms with van der Waals surface area (Å²) in [6, 6.07) is 9.10. The Bertz CT molecular complexity index is 805. The molecule has 0 aliphatic carbocycles.